The van der Waals surface area contributed by atoms with E-state index >= 15 is 0 Å². The summed E-state index contributed by atoms with van der Waals surface area (Å²) in [6.45, 7) is 4.34. The van der Waals surface area contributed by atoms with E-state index in [1.807, 2.05) is 12.2 Å². The first-order chi connectivity index (χ1) is 52.7. The summed E-state index contributed by atoms with van der Waals surface area (Å²) >= 11 is 0. The largest absolute Gasteiger partial charge is 0.472 e. The van der Waals surface area contributed by atoms with Gasteiger partial charge in [-0.15, -0.1) is 0 Å². The van der Waals surface area contributed by atoms with Gasteiger partial charge in [0.1, 0.15) is 19.3 Å². The number of hydrogen-bond donors (Lipinski definition) is 3. The van der Waals surface area contributed by atoms with E-state index in [-0.39, 0.29) is 25.7 Å². The summed E-state index contributed by atoms with van der Waals surface area (Å²) in [5.41, 5.74) is 0. The van der Waals surface area contributed by atoms with Crippen molar-refractivity contribution >= 4 is 39.5 Å². The van der Waals surface area contributed by atoms with Crippen LogP contribution < -0.4 is 0 Å². The number of phosphoric ester groups is 2. The summed E-state index contributed by atoms with van der Waals surface area (Å²) < 4.78 is 68.5. The van der Waals surface area contributed by atoms with Gasteiger partial charge in [0.25, 0.3) is 0 Å². The Morgan fingerprint density at radius 3 is 0.843 bits per heavy atom. The lowest BCUT2D eigenvalue weighted by atomic mass is 10.1. The number of unbranched alkanes of at least 4 members (excludes halogenated alkanes) is 20. The molecule has 0 heterocycles. The summed E-state index contributed by atoms with van der Waals surface area (Å²) in [6.07, 6.45) is 96.1. The van der Waals surface area contributed by atoms with Gasteiger partial charge in [-0.25, -0.2) is 9.13 Å². The van der Waals surface area contributed by atoms with Crippen LogP contribution in [0.4, 0.5) is 0 Å². The molecule has 0 amide bonds. The Hall–Kier alpha value is -5.84. The van der Waals surface area contributed by atoms with Crippen molar-refractivity contribution in [3.8, 4) is 0 Å². The number of hydrogen-bond acceptors (Lipinski definition) is 15. The van der Waals surface area contributed by atoms with E-state index in [1.165, 1.54) is 38.5 Å². The molecule has 5 atom stereocenters. The molecule has 0 rings (SSSR count). The van der Waals surface area contributed by atoms with Crippen molar-refractivity contribution in [3.05, 3.63) is 182 Å². The first-order valence-electron chi connectivity index (χ1n) is 41.0. The minimum atomic E-state index is -5.02. The minimum Gasteiger partial charge on any atom is -0.462 e. The Bertz CT molecular complexity index is 2760. The molecule has 0 aliphatic heterocycles. The molecule has 108 heavy (non-hydrogen) atoms. The number of allylic oxidation sites excluding steroid dienone is 29. The van der Waals surface area contributed by atoms with Crippen molar-refractivity contribution in [3.63, 3.8) is 0 Å². The SMILES string of the molecule is CC/C=C\C/C=C\C/C=C\C/C=C\C/C=C\CCCCCC(=O)OCC(COP(=O)(O)OCC(O)COP(=O)(O)OCC(COC(=O)CCCCCCCC/C=C\C/C=C\C/C=C\C/C=C\CC)OC(=O)C/C=C\C/C=C\C/C=C\C/C=C\C/C=C\CC)OC(=O)CCCCCCC/C=C\CCCCCCCC. The third kappa shape index (κ3) is 78.3. The van der Waals surface area contributed by atoms with Gasteiger partial charge < -0.3 is 33.8 Å². The van der Waals surface area contributed by atoms with Crippen molar-refractivity contribution < 1.29 is 80.2 Å². The van der Waals surface area contributed by atoms with Crippen molar-refractivity contribution in [1.29, 1.82) is 0 Å². The molecule has 0 aromatic carbocycles. The Labute approximate surface area is 654 Å². The molecule has 5 unspecified atom stereocenters. The molecular weight excluding hydrogens is 1400 g/mol. The standard InChI is InChI=1S/C89H144O17P2/c1-5-9-13-17-21-25-29-33-37-39-41-43-47-49-53-57-61-65-69-73-86(91)99-79-84(105-88(93)75-71-67-63-59-55-51-45-35-31-27-23-19-15-11-7-3)81-103-107(95,96)101-77-83(90)78-102-108(97,98)104-82-85(106-89(94)76-72-68-64-60-56-52-46-36-32-28-24-20-16-12-8-4)80-100-87(92)74-70-66-62-58-54-50-48-44-42-40-38-34-30-26-22-18-14-10-6-2/h9-11,13-15,21-23,25-27,33-38,41-46,50,54-55,59,67,71,83-85,90H,5-8,12,16-20,24,28-32,39-40,47-49,51-53,56-58,60-66,68-70,72-82H2,1-4H3,(H,95,96)(H,97,98)/b13-9-,14-10-,15-11-,25-21-,26-22-,27-23-,37-33-,38-34-,43-41-,44-42-,45-35-,46-36-,54-50-,59-55-,71-67-. The molecule has 17 nitrogen and oxygen atoms in total. The van der Waals surface area contributed by atoms with Crippen LogP contribution in [-0.2, 0) is 65.4 Å². The number of carbonyl (C=O) groups excluding carboxylic acids is 4. The van der Waals surface area contributed by atoms with Gasteiger partial charge in [-0.2, -0.15) is 0 Å². The average Bonchev–Trinajstić information content (AvgIpc) is 0.923. The third-order valence-corrected chi connectivity index (χ3v) is 18.3. The van der Waals surface area contributed by atoms with Crippen molar-refractivity contribution in [2.45, 2.75) is 316 Å². The monoisotopic (exact) mass is 1550 g/mol. The number of aliphatic hydroxyl groups excluding tert-OH is 1. The fourth-order valence-corrected chi connectivity index (χ4v) is 11.8. The number of esters is 4. The maximum Gasteiger partial charge on any atom is 0.472 e. The highest BCUT2D eigenvalue weighted by Crippen LogP contribution is 2.45. The number of ether oxygens (including phenoxy) is 4. The number of phosphoric acid groups is 2. The molecule has 0 saturated heterocycles. The molecule has 0 spiro atoms. The lowest BCUT2D eigenvalue weighted by Crippen LogP contribution is -2.30. The van der Waals surface area contributed by atoms with E-state index in [1.54, 1.807) is 12.2 Å². The van der Waals surface area contributed by atoms with Gasteiger partial charge in [0.15, 0.2) is 12.2 Å². The van der Waals surface area contributed by atoms with E-state index < -0.39 is 97.5 Å². The molecule has 0 aliphatic carbocycles. The van der Waals surface area contributed by atoms with Gasteiger partial charge in [-0.1, -0.05) is 293 Å². The van der Waals surface area contributed by atoms with Gasteiger partial charge in [0, 0.05) is 19.3 Å². The molecule has 0 radical (unpaired) electrons. The zero-order valence-corrected chi connectivity index (χ0v) is 68.7. The number of carbonyl (C=O) groups is 4. The van der Waals surface area contributed by atoms with Crippen LogP contribution in [0.1, 0.15) is 297 Å². The third-order valence-electron chi connectivity index (χ3n) is 16.4. The molecule has 0 bridgehead atoms. The van der Waals surface area contributed by atoms with Crippen molar-refractivity contribution in [1.82, 2.24) is 0 Å². The zero-order chi connectivity index (χ0) is 78.9. The molecule has 0 fully saturated rings. The summed E-state index contributed by atoms with van der Waals surface area (Å²) in [6, 6.07) is 0. The maximum absolute atomic E-state index is 13.1. The summed E-state index contributed by atoms with van der Waals surface area (Å²) in [4.78, 5) is 73.1. The average molecular weight is 1550 g/mol. The van der Waals surface area contributed by atoms with Crippen LogP contribution in [0, 0.1) is 0 Å². The van der Waals surface area contributed by atoms with Gasteiger partial charge in [-0.05, 0) is 161 Å². The predicted octanol–water partition coefficient (Wildman–Crippen LogP) is 24.3. The summed E-state index contributed by atoms with van der Waals surface area (Å²) in [5.74, 6) is -2.40. The summed E-state index contributed by atoms with van der Waals surface area (Å²) in [5, 5.41) is 10.7. The predicted molar refractivity (Wildman–Crippen MR) is 445 cm³/mol. The van der Waals surface area contributed by atoms with Crippen LogP contribution in [0.5, 0.6) is 0 Å². The molecule has 19 heteroatoms. The van der Waals surface area contributed by atoms with Crippen LogP contribution in [0.2, 0.25) is 0 Å². The Morgan fingerprint density at radius 2 is 0.519 bits per heavy atom. The summed E-state index contributed by atoms with van der Waals surface area (Å²) in [7, 11) is -10.0. The smallest absolute Gasteiger partial charge is 0.462 e. The topological polar surface area (TPSA) is 237 Å². The molecule has 612 valence electrons. The molecule has 3 N–H and O–H groups in total. The van der Waals surface area contributed by atoms with E-state index in [9.17, 15) is 43.2 Å². The maximum atomic E-state index is 13.1. The van der Waals surface area contributed by atoms with Gasteiger partial charge in [0.2, 0.25) is 0 Å². The Morgan fingerprint density at radius 1 is 0.278 bits per heavy atom. The second kappa shape index (κ2) is 79.3. The highest BCUT2D eigenvalue weighted by Gasteiger charge is 2.30. The van der Waals surface area contributed by atoms with Gasteiger partial charge in [-0.3, -0.25) is 37.3 Å². The molecule has 0 aliphatic rings. The molecule has 0 saturated carbocycles. The van der Waals surface area contributed by atoms with Crippen LogP contribution in [0.15, 0.2) is 182 Å². The van der Waals surface area contributed by atoms with Crippen LogP contribution in [0.25, 0.3) is 0 Å². The fourth-order valence-electron chi connectivity index (χ4n) is 10.2. The van der Waals surface area contributed by atoms with Crippen LogP contribution >= 0.6 is 15.6 Å². The quantitative estimate of drug-likeness (QED) is 0.0169. The van der Waals surface area contributed by atoms with E-state index in [2.05, 4.69) is 186 Å². The normalized spacial score (nSPS) is 14.8. The van der Waals surface area contributed by atoms with E-state index in [0.29, 0.717) is 25.7 Å². The lowest BCUT2D eigenvalue weighted by molar-refractivity contribution is -0.161. The second-order valence-corrected chi connectivity index (χ2v) is 29.5. The molecule has 0 aromatic rings. The van der Waals surface area contributed by atoms with Gasteiger partial charge >= 0.3 is 39.5 Å². The van der Waals surface area contributed by atoms with Gasteiger partial charge in [0.05, 0.1) is 32.8 Å². The highest BCUT2D eigenvalue weighted by molar-refractivity contribution is 7.47. The zero-order valence-electron chi connectivity index (χ0n) is 66.9. The fraction of sp³-hybridized carbons (Fsp3) is 0.618. The number of aliphatic hydroxyl groups is 1. The highest BCUT2D eigenvalue weighted by atomic mass is 31.2. The molecular formula is C89H144O17P2. The Balaban J connectivity index is 5.49. The van der Waals surface area contributed by atoms with Crippen molar-refractivity contribution in [2.75, 3.05) is 39.6 Å². The number of rotatable bonds is 75. The minimum absolute atomic E-state index is 0.0688. The first kappa shape index (κ1) is 102. The van der Waals surface area contributed by atoms with Crippen LogP contribution in [0.3, 0.4) is 0 Å². The first-order valence-corrected chi connectivity index (χ1v) is 44.0. The Kier molecular flexibility index (Phi) is 75.0. The molecule has 0 aromatic heterocycles. The lowest BCUT2D eigenvalue weighted by Gasteiger charge is -2.21. The second-order valence-electron chi connectivity index (χ2n) is 26.6. The van der Waals surface area contributed by atoms with Crippen LogP contribution in [-0.4, -0.2) is 96.7 Å². The van der Waals surface area contributed by atoms with E-state index in [4.69, 9.17) is 37.0 Å². The van der Waals surface area contributed by atoms with E-state index in [0.717, 1.165) is 180 Å². The van der Waals surface area contributed by atoms with Crippen molar-refractivity contribution in [2.24, 2.45) is 0 Å².